The third kappa shape index (κ3) is 4.15. The Morgan fingerprint density at radius 1 is 1.56 bits per heavy atom. The minimum absolute atomic E-state index is 0.117. The van der Waals surface area contributed by atoms with E-state index >= 15 is 0 Å². The molecule has 0 aliphatic carbocycles. The van der Waals surface area contributed by atoms with E-state index in [4.69, 9.17) is 5.26 Å². The molecular formula is C13H16FN3O. The first-order valence-electron chi connectivity index (χ1n) is 5.79. The fraction of sp³-hybridized carbons (Fsp3) is 0.385. The van der Waals surface area contributed by atoms with Gasteiger partial charge in [0.25, 0.3) is 0 Å². The lowest BCUT2D eigenvalue weighted by molar-refractivity contribution is -0.115. The molecule has 0 aliphatic rings. The number of anilines is 1. The summed E-state index contributed by atoms with van der Waals surface area (Å²) in [6.45, 7) is 4.16. The molecule has 96 valence electrons. The molecule has 0 spiro atoms. The molecule has 0 radical (unpaired) electrons. The zero-order valence-corrected chi connectivity index (χ0v) is 10.5. The van der Waals surface area contributed by atoms with Gasteiger partial charge in [0.2, 0.25) is 5.91 Å². The maximum atomic E-state index is 12.9. The highest BCUT2D eigenvalue weighted by molar-refractivity contribution is 5.93. The van der Waals surface area contributed by atoms with Crippen LogP contribution in [0.3, 0.4) is 0 Å². The van der Waals surface area contributed by atoms with Gasteiger partial charge >= 0.3 is 0 Å². The van der Waals surface area contributed by atoms with Crippen LogP contribution in [-0.4, -0.2) is 18.5 Å². The number of benzene rings is 1. The lowest BCUT2D eigenvalue weighted by Crippen LogP contribution is -2.34. The molecule has 0 saturated heterocycles. The van der Waals surface area contributed by atoms with E-state index in [0.717, 1.165) is 12.5 Å². The van der Waals surface area contributed by atoms with Crippen LogP contribution in [-0.2, 0) is 4.79 Å². The van der Waals surface area contributed by atoms with Crippen LogP contribution in [0.2, 0.25) is 0 Å². The zero-order chi connectivity index (χ0) is 13.5. The van der Waals surface area contributed by atoms with Gasteiger partial charge in [0.05, 0.1) is 17.8 Å². The summed E-state index contributed by atoms with van der Waals surface area (Å²) in [4.78, 5) is 11.6. The van der Waals surface area contributed by atoms with Crippen molar-refractivity contribution in [1.82, 2.24) is 5.32 Å². The van der Waals surface area contributed by atoms with Crippen molar-refractivity contribution in [2.45, 2.75) is 26.3 Å². The Balaban J connectivity index is 2.62. The summed E-state index contributed by atoms with van der Waals surface area (Å²) in [6, 6.07) is 5.78. The van der Waals surface area contributed by atoms with Crippen molar-refractivity contribution in [2.24, 2.45) is 0 Å². The van der Waals surface area contributed by atoms with Gasteiger partial charge in [-0.15, -0.1) is 0 Å². The Labute approximate surface area is 106 Å². The molecule has 0 heterocycles. The van der Waals surface area contributed by atoms with Crippen LogP contribution in [0.5, 0.6) is 0 Å². The number of halogens is 1. The number of nitrogens with zero attached hydrogens (tertiary/aromatic N) is 1. The van der Waals surface area contributed by atoms with Crippen LogP contribution in [0.4, 0.5) is 10.1 Å². The second-order valence-electron chi connectivity index (χ2n) is 4.04. The van der Waals surface area contributed by atoms with E-state index in [1.54, 1.807) is 0 Å². The van der Waals surface area contributed by atoms with Crippen LogP contribution in [0.1, 0.15) is 25.8 Å². The van der Waals surface area contributed by atoms with E-state index < -0.39 is 5.82 Å². The summed E-state index contributed by atoms with van der Waals surface area (Å²) in [6.07, 6.45) is 0.924. The van der Waals surface area contributed by atoms with E-state index in [1.165, 1.54) is 12.1 Å². The van der Waals surface area contributed by atoms with Gasteiger partial charge in [-0.25, -0.2) is 4.39 Å². The molecule has 1 amide bonds. The van der Waals surface area contributed by atoms with Gasteiger partial charge in [-0.3, -0.25) is 4.79 Å². The average molecular weight is 249 g/mol. The van der Waals surface area contributed by atoms with Gasteiger partial charge in [-0.1, -0.05) is 6.92 Å². The van der Waals surface area contributed by atoms with Crippen LogP contribution < -0.4 is 10.6 Å². The van der Waals surface area contributed by atoms with Crippen molar-refractivity contribution in [3.63, 3.8) is 0 Å². The Bertz CT molecular complexity index is 468. The summed E-state index contributed by atoms with van der Waals surface area (Å²) in [5, 5.41) is 14.4. The summed E-state index contributed by atoms with van der Waals surface area (Å²) in [5.74, 6) is -0.749. The monoisotopic (exact) mass is 249 g/mol. The van der Waals surface area contributed by atoms with Crippen molar-refractivity contribution >= 4 is 11.6 Å². The number of hydrogen-bond donors (Lipinski definition) is 2. The largest absolute Gasteiger partial charge is 0.324 e. The quantitative estimate of drug-likeness (QED) is 0.839. The molecule has 1 aromatic rings. The maximum absolute atomic E-state index is 12.9. The minimum Gasteiger partial charge on any atom is -0.324 e. The highest BCUT2D eigenvalue weighted by Crippen LogP contribution is 2.15. The van der Waals surface area contributed by atoms with Crippen molar-refractivity contribution in [3.05, 3.63) is 29.6 Å². The fourth-order valence-corrected chi connectivity index (χ4v) is 1.32. The van der Waals surface area contributed by atoms with E-state index in [1.807, 2.05) is 19.9 Å². The minimum atomic E-state index is -0.498. The lowest BCUT2D eigenvalue weighted by atomic mass is 10.2. The number of nitrogens with one attached hydrogen (secondary N) is 2. The number of carbonyl (C=O) groups is 1. The third-order valence-electron chi connectivity index (χ3n) is 2.60. The van der Waals surface area contributed by atoms with E-state index in [2.05, 4.69) is 10.6 Å². The van der Waals surface area contributed by atoms with Crippen molar-refractivity contribution in [2.75, 3.05) is 11.9 Å². The topological polar surface area (TPSA) is 64.9 Å². The highest BCUT2D eigenvalue weighted by atomic mass is 19.1. The molecule has 1 aromatic carbocycles. The van der Waals surface area contributed by atoms with Gasteiger partial charge in [0, 0.05) is 6.04 Å². The van der Waals surface area contributed by atoms with Gasteiger partial charge in [0.15, 0.2) is 0 Å². The number of carbonyl (C=O) groups excluding carboxylic acids is 1. The smallest absolute Gasteiger partial charge is 0.238 e. The Hall–Kier alpha value is -1.93. The second kappa shape index (κ2) is 6.72. The van der Waals surface area contributed by atoms with E-state index in [-0.39, 0.29) is 24.1 Å². The molecule has 2 N–H and O–H groups in total. The number of amides is 1. The summed E-state index contributed by atoms with van der Waals surface area (Å²) < 4.78 is 12.9. The van der Waals surface area contributed by atoms with Gasteiger partial charge in [-0.2, -0.15) is 5.26 Å². The van der Waals surface area contributed by atoms with Crippen molar-refractivity contribution < 1.29 is 9.18 Å². The second-order valence-corrected chi connectivity index (χ2v) is 4.04. The normalized spacial score (nSPS) is 11.7. The predicted molar refractivity (Wildman–Crippen MR) is 67.5 cm³/mol. The molecule has 0 saturated carbocycles. The lowest BCUT2D eigenvalue weighted by Gasteiger charge is -2.11. The third-order valence-corrected chi connectivity index (χ3v) is 2.60. The molecule has 0 fully saturated rings. The van der Waals surface area contributed by atoms with E-state index in [0.29, 0.717) is 5.69 Å². The maximum Gasteiger partial charge on any atom is 0.238 e. The number of hydrogen-bond acceptors (Lipinski definition) is 3. The number of rotatable bonds is 5. The van der Waals surface area contributed by atoms with Crippen LogP contribution in [0.25, 0.3) is 0 Å². The summed E-state index contributed by atoms with van der Waals surface area (Å²) in [5.41, 5.74) is 0.446. The highest BCUT2D eigenvalue weighted by Gasteiger charge is 2.08. The molecule has 4 nitrogen and oxygen atoms in total. The fourth-order valence-electron chi connectivity index (χ4n) is 1.32. The first kappa shape index (κ1) is 14.1. The van der Waals surface area contributed by atoms with Crippen LogP contribution in [0.15, 0.2) is 18.2 Å². The first-order chi connectivity index (χ1) is 8.56. The average Bonchev–Trinajstić information content (AvgIpc) is 2.37. The van der Waals surface area contributed by atoms with E-state index in [9.17, 15) is 9.18 Å². The van der Waals surface area contributed by atoms with Gasteiger partial charge < -0.3 is 10.6 Å². The van der Waals surface area contributed by atoms with Crippen molar-refractivity contribution in [1.29, 1.82) is 5.26 Å². The zero-order valence-electron chi connectivity index (χ0n) is 10.5. The summed E-state index contributed by atoms with van der Waals surface area (Å²) >= 11 is 0. The molecule has 1 rings (SSSR count). The van der Waals surface area contributed by atoms with Gasteiger partial charge in [0.1, 0.15) is 11.9 Å². The summed E-state index contributed by atoms with van der Waals surface area (Å²) in [7, 11) is 0. The molecule has 1 atom stereocenters. The first-order valence-corrected chi connectivity index (χ1v) is 5.79. The predicted octanol–water partition coefficient (Wildman–Crippen LogP) is 2.02. The molecule has 18 heavy (non-hydrogen) atoms. The van der Waals surface area contributed by atoms with Crippen LogP contribution in [0, 0.1) is 17.1 Å². The Morgan fingerprint density at radius 3 is 2.89 bits per heavy atom. The molecular weight excluding hydrogens is 233 g/mol. The SMILES string of the molecule is CCC(C)NCC(=O)Nc1ccc(F)cc1C#N. The molecule has 5 heteroatoms. The molecule has 1 unspecified atom stereocenters. The molecule has 0 aliphatic heterocycles. The van der Waals surface area contributed by atoms with Gasteiger partial charge in [-0.05, 0) is 31.5 Å². The molecule has 0 bridgehead atoms. The Morgan fingerprint density at radius 2 is 2.28 bits per heavy atom. The number of nitriles is 1. The standard InChI is InChI=1S/C13H16FN3O/c1-3-9(2)16-8-13(18)17-12-5-4-11(14)6-10(12)7-15/h4-6,9,16H,3,8H2,1-2H3,(H,17,18). The Kier molecular flexibility index (Phi) is 5.28. The van der Waals surface area contributed by atoms with Crippen LogP contribution >= 0.6 is 0 Å². The van der Waals surface area contributed by atoms with Crippen molar-refractivity contribution in [3.8, 4) is 6.07 Å². The molecule has 0 aromatic heterocycles.